The third kappa shape index (κ3) is 5.23. The van der Waals surface area contributed by atoms with E-state index in [-0.39, 0.29) is 19.1 Å². The number of thioether (sulfide) groups is 1. The standard InChI is InChI=1S/C23H21N3O2S/c1-17-6-8-18(9-7-17)15-28-23(27)14-26-13-21(24-25-26)16-29-22-11-10-19-4-2-3-5-20(19)12-22/h2-13H,14-16H2,1H3. The molecule has 0 bridgehead atoms. The van der Waals surface area contributed by atoms with Crippen LogP contribution in [0.25, 0.3) is 10.8 Å². The fraction of sp³-hybridized carbons (Fsp3) is 0.174. The molecule has 5 nitrogen and oxygen atoms in total. The van der Waals surface area contributed by atoms with Gasteiger partial charge in [-0.1, -0.05) is 65.4 Å². The smallest absolute Gasteiger partial charge is 0.328 e. The second-order valence-corrected chi connectivity index (χ2v) is 7.90. The highest BCUT2D eigenvalue weighted by molar-refractivity contribution is 7.98. The molecule has 29 heavy (non-hydrogen) atoms. The van der Waals surface area contributed by atoms with Gasteiger partial charge in [0.2, 0.25) is 0 Å². The number of rotatable bonds is 7. The Morgan fingerprint density at radius 3 is 2.66 bits per heavy atom. The second kappa shape index (κ2) is 8.92. The number of ether oxygens (including phenoxy) is 1. The molecule has 0 spiro atoms. The van der Waals surface area contributed by atoms with E-state index in [0.29, 0.717) is 5.75 Å². The van der Waals surface area contributed by atoms with E-state index in [4.69, 9.17) is 4.74 Å². The van der Waals surface area contributed by atoms with Gasteiger partial charge in [0, 0.05) is 16.8 Å². The number of carbonyl (C=O) groups is 1. The Kier molecular flexibility index (Phi) is 5.91. The van der Waals surface area contributed by atoms with Crippen LogP contribution in [0.2, 0.25) is 0 Å². The number of esters is 1. The highest BCUT2D eigenvalue weighted by Gasteiger charge is 2.08. The maximum atomic E-state index is 12.0. The Hall–Kier alpha value is -3.12. The molecule has 0 radical (unpaired) electrons. The van der Waals surface area contributed by atoms with E-state index >= 15 is 0 Å². The minimum Gasteiger partial charge on any atom is -0.459 e. The van der Waals surface area contributed by atoms with Crippen molar-refractivity contribution in [2.24, 2.45) is 0 Å². The van der Waals surface area contributed by atoms with Gasteiger partial charge in [0.25, 0.3) is 0 Å². The predicted octanol–water partition coefficient (Wildman–Crippen LogP) is 4.78. The molecule has 0 atom stereocenters. The fourth-order valence-electron chi connectivity index (χ4n) is 2.92. The molecule has 0 saturated carbocycles. The third-order valence-electron chi connectivity index (χ3n) is 4.51. The largest absolute Gasteiger partial charge is 0.459 e. The zero-order valence-corrected chi connectivity index (χ0v) is 16.9. The molecular formula is C23H21N3O2S. The molecule has 0 N–H and O–H groups in total. The fourth-order valence-corrected chi connectivity index (χ4v) is 3.74. The first kappa shape index (κ1) is 19.2. The number of fused-ring (bicyclic) bond motifs is 1. The van der Waals surface area contributed by atoms with Crippen molar-refractivity contribution < 1.29 is 9.53 Å². The SMILES string of the molecule is Cc1ccc(COC(=O)Cn2cc(CSc3ccc4ccccc4c3)nn2)cc1. The van der Waals surface area contributed by atoms with Gasteiger partial charge in [-0.3, -0.25) is 4.79 Å². The minimum absolute atomic E-state index is 0.0551. The topological polar surface area (TPSA) is 57.0 Å². The average Bonchev–Trinajstić information content (AvgIpc) is 3.19. The third-order valence-corrected chi connectivity index (χ3v) is 5.53. The van der Waals surface area contributed by atoms with Crippen LogP contribution >= 0.6 is 11.8 Å². The Labute approximate surface area is 173 Å². The number of hydrogen-bond donors (Lipinski definition) is 0. The van der Waals surface area contributed by atoms with Gasteiger partial charge in [0.05, 0.1) is 5.69 Å². The van der Waals surface area contributed by atoms with E-state index in [1.165, 1.54) is 25.9 Å². The summed E-state index contributed by atoms with van der Waals surface area (Å²) in [6.45, 7) is 2.34. The molecule has 0 aliphatic heterocycles. The number of carbonyl (C=O) groups excluding carboxylic acids is 1. The summed E-state index contributed by atoms with van der Waals surface area (Å²) >= 11 is 1.70. The lowest BCUT2D eigenvalue weighted by atomic mass is 10.1. The van der Waals surface area contributed by atoms with Gasteiger partial charge in [0.1, 0.15) is 13.2 Å². The molecule has 0 amide bonds. The van der Waals surface area contributed by atoms with Crippen LogP contribution in [0.5, 0.6) is 0 Å². The van der Waals surface area contributed by atoms with E-state index < -0.39 is 0 Å². The van der Waals surface area contributed by atoms with Crippen LogP contribution in [-0.4, -0.2) is 21.0 Å². The first-order valence-electron chi connectivity index (χ1n) is 9.37. The summed E-state index contributed by atoms with van der Waals surface area (Å²) in [6.07, 6.45) is 1.79. The Morgan fingerprint density at radius 2 is 1.83 bits per heavy atom. The van der Waals surface area contributed by atoms with Crippen molar-refractivity contribution in [3.8, 4) is 0 Å². The van der Waals surface area contributed by atoms with Crippen molar-refractivity contribution in [2.45, 2.75) is 30.7 Å². The lowest BCUT2D eigenvalue weighted by Gasteiger charge is -2.05. The molecule has 0 unspecified atom stereocenters. The maximum Gasteiger partial charge on any atom is 0.328 e. The molecule has 4 aromatic rings. The van der Waals surface area contributed by atoms with Crippen molar-refractivity contribution >= 4 is 28.5 Å². The molecule has 1 heterocycles. The van der Waals surface area contributed by atoms with Crippen LogP contribution in [-0.2, 0) is 28.4 Å². The van der Waals surface area contributed by atoms with Crippen molar-refractivity contribution in [2.75, 3.05) is 0 Å². The highest BCUT2D eigenvalue weighted by Crippen LogP contribution is 2.25. The molecule has 6 heteroatoms. The number of hydrogen-bond acceptors (Lipinski definition) is 5. The highest BCUT2D eigenvalue weighted by atomic mass is 32.2. The van der Waals surface area contributed by atoms with Crippen LogP contribution in [0.4, 0.5) is 0 Å². The molecule has 3 aromatic carbocycles. The van der Waals surface area contributed by atoms with Crippen molar-refractivity contribution in [1.29, 1.82) is 0 Å². The van der Waals surface area contributed by atoms with Crippen LogP contribution in [0.15, 0.2) is 77.8 Å². The van der Waals surface area contributed by atoms with E-state index in [9.17, 15) is 4.79 Å². The van der Waals surface area contributed by atoms with E-state index in [2.05, 4.69) is 40.6 Å². The van der Waals surface area contributed by atoms with Gasteiger partial charge < -0.3 is 4.74 Å². The second-order valence-electron chi connectivity index (χ2n) is 6.85. The van der Waals surface area contributed by atoms with Crippen molar-refractivity contribution in [3.05, 3.63) is 89.7 Å². The Bertz CT molecular complexity index is 1120. The van der Waals surface area contributed by atoms with Gasteiger partial charge in [0.15, 0.2) is 0 Å². The van der Waals surface area contributed by atoms with Crippen LogP contribution < -0.4 is 0 Å². The summed E-state index contributed by atoms with van der Waals surface area (Å²) < 4.78 is 6.84. The normalized spacial score (nSPS) is 10.9. The van der Waals surface area contributed by atoms with Gasteiger partial charge in [-0.2, -0.15) is 0 Å². The summed E-state index contributed by atoms with van der Waals surface area (Å²) in [7, 11) is 0. The summed E-state index contributed by atoms with van der Waals surface area (Å²) in [4.78, 5) is 13.2. The lowest BCUT2D eigenvalue weighted by Crippen LogP contribution is -2.14. The minimum atomic E-state index is -0.329. The Morgan fingerprint density at radius 1 is 1.03 bits per heavy atom. The van der Waals surface area contributed by atoms with Crippen LogP contribution in [0, 0.1) is 6.92 Å². The molecule has 4 rings (SSSR count). The average molecular weight is 404 g/mol. The lowest BCUT2D eigenvalue weighted by molar-refractivity contribution is -0.145. The quantitative estimate of drug-likeness (QED) is 0.328. The molecule has 0 fully saturated rings. The number of aromatic nitrogens is 3. The maximum absolute atomic E-state index is 12.0. The van der Waals surface area contributed by atoms with Crippen LogP contribution in [0.3, 0.4) is 0 Å². The van der Waals surface area contributed by atoms with E-state index in [1.54, 1.807) is 18.0 Å². The van der Waals surface area contributed by atoms with Gasteiger partial charge in [-0.05, 0) is 35.4 Å². The summed E-state index contributed by atoms with van der Waals surface area (Å²) in [5.74, 6) is 0.362. The zero-order chi connectivity index (χ0) is 20.1. The number of benzene rings is 3. The Balaban J connectivity index is 1.28. The molecular weight excluding hydrogens is 382 g/mol. The first-order valence-corrected chi connectivity index (χ1v) is 10.4. The molecule has 0 saturated heterocycles. The van der Waals surface area contributed by atoms with Gasteiger partial charge in [-0.25, -0.2) is 4.68 Å². The molecule has 1 aromatic heterocycles. The van der Waals surface area contributed by atoms with Crippen molar-refractivity contribution in [1.82, 2.24) is 15.0 Å². The summed E-state index contributed by atoms with van der Waals surface area (Å²) in [6, 6.07) is 22.6. The number of nitrogens with zero attached hydrogens (tertiary/aromatic N) is 3. The van der Waals surface area contributed by atoms with Crippen LogP contribution in [0.1, 0.15) is 16.8 Å². The molecule has 0 aliphatic carbocycles. The molecule has 0 aliphatic rings. The van der Waals surface area contributed by atoms with Crippen molar-refractivity contribution in [3.63, 3.8) is 0 Å². The van der Waals surface area contributed by atoms with Gasteiger partial charge >= 0.3 is 5.97 Å². The van der Waals surface area contributed by atoms with E-state index in [0.717, 1.165) is 11.3 Å². The summed E-state index contributed by atoms with van der Waals surface area (Å²) in [5, 5.41) is 10.6. The monoisotopic (exact) mass is 403 g/mol. The zero-order valence-electron chi connectivity index (χ0n) is 16.1. The summed E-state index contributed by atoms with van der Waals surface area (Å²) in [5.41, 5.74) is 2.97. The predicted molar refractivity (Wildman–Crippen MR) is 115 cm³/mol. The first-order chi connectivity index (χ1) is 14.2. The molecule has 146 valence electrons. The van der Waals surface area contributed by atoms with E-state index in [1.807, 2.05) is 43.3 Å². The number of aryl methyl sites for hydroxylation is 1. The van der Waals surface area contributed by atoms with Gasteiger partial charge in [-0.15, -0.1) is 16.9 Å².